The van der Waals surface area contributed by atoms with Gasteiger partial charge in [-0.1, -0.05) is 114 Å². The monoisotopic (exact) mass is 593 g/mol. The first-order chi connectivity index (χ1) is 21.3. The van der Waals surface area contributed by atoms with Gasteiger partial charge < -0.3 is 4.74 Å². The molecule has 0 radical (unpaired) electrons. The van der Waals surface area contributed by atoms with Crippen LogP contribution >= 0.6 is 0 Å². The van der Waals surface area contributed by atoms with Gasteiger partial charge >= 0.3 is 0 Å². The highest BCUT2D eigenvalue weighted by Gasteiger charge is 2.06. The maximum absolute atomic E-state index is 5.94. The van der Waals surface area contributed by atoms with E-state index < -0.39 is 0 Å². The van der Waals surface area contributed by atoms with Crippen molar-refractivity contribution in [3.63, 3.8) is 0 Å². The van der Waals surface area contributed by atoms with Crippen molar-refractivity contribution in [2.24, 2.45) is 0 Å². The van der Waals surface area contributed by atoms with E-state index in [2.05, 4.69) is 93.2 Å². The minimum Gasteiger partial charge on any atom is -0.373 e. The Bertz CT molecular complexity index is 907. The number of unbranched alkanes of at least 4 members (excludes halogenated alkanes) is 16. The molecule has 240 valence electrons. The maximum atomic E-state index is 5.94. The maximum Gasteiger partial charge on any atom is 0.243 e. The normalized spacial score (nSPS) is 11.7. The third-order valence-corrected chi connectivity index (χ3v) is 8.10. The Morgan fingerprint density at radius 2 is 0.884 bits per heavy atom. The zero-order valence-electron chi connectivity index (χ0n) is 27.5. The van der Waals surface area contributed by atoms with Gasteiger partial charge in [-0.05, 0) is 51.4 Å². The number of ether oxygens (including phenoxy) is 1. The number of hydrogen-bond donors (Lipinski definition) is 0. The predicted octanol–water partition coefficient (Wildman–Crippen LogP) is 9.09. The molecule has 5 heteroatoms. The van der Waals surface area contributed by atoms with Gasteiger partial charge in [-0.3, -0.25) is 0 Å². The van der Waals surface area contributed by atoms with Gasteiger partial charge in [-0.25, -0.2) is 18.3 Å². The Hall–Kier alpha value is -2.66. The van der Waals surface area contributed by atoms with Gasteiger partial charge in [-0.15, -0.1) is 0 Å². The molecule has 0 aliphatic carbocycles. The van der Waals surface area contributed by atoms with Gasteiger partial charge in [0.15, 0.2) is 0 Å². The summed E-state index contributed by atoms with van der Waals surface area (Å²) in [5.41, 5.74) is 0. The number of rotatable bonds is 30. The molecule has 0 aliphatic rings. The number of hydrogen-bond acceptors (Lipinski definition) is 1. The first kappa shape index (κ1) is 36.5. The van der Waals surface area contributed by atoms with Crippen molar-refractivity contribution in [2.75, 3.05) is 13.2 Å². The zero-order valence-corrected chi connectivity index (χ0v) is 27.5. The van der Waals surface area contributed by atoms with E-state index in [-0.39, 0.29) is 0 Å². The Kier molecular flexibility index (Phi) is 22.9. The first-order valence-electron chi connectivity index (χ1n) is 17.5. The van der Waals surface area contributed by atoms with Crippen molar-refractivity contribution >= 4 is 0 Å². The van der Waals surface area contributed by atoms with Gasteiger partial charge in [0.2, 0.25) is 12.7 Å². The topological polar surface area (TPSA) is 26.8 Å². The molecule has 5 nitrogen and oxygen atoms in total. The van der Waals surface area contributed by atoms with E-state index in [9.17, 15) is 0 Å². The van der Waals surface area contributed by atoms with Crippen LogP contribution in [0.15, 0.2) is 87.1 Å². The standard InChI is InChI=1S/C38H64N4O/c1-3-5-7-9-11-13-15-17-19-21-23-25-27-39-29-31-41(37-39)33-35-43-36-34-42-32-30-40(38-42)28-26-24-22-20-18-16-14-12-10-8-6-4-2/h3-8,29-32,37-38H,1-2,9-28,33-36H2/q+2. The molecule has 2 aromatic heterocycles. The molecule has 2 heterocycles. The van der Waals surface area contributed by atoms with Crippen molar-refractivity contribution in [3.05, 3.63) is 87.1 Å². The van der Waals surface area contributed by atoms with Crippen LogP contribution in [0.4, 0.5) is 0 Å². The molecule has 0 amide bonds. The highest BCUT2D eigenvalue weighted by molar-refractivity contribution is 4.97. The van der Waals surface area contributed by atoms with Crippen LogP contribution in [-0.2, 0) is 30.9 Å². The Labute approximate surface area is 264 Å². The van der Waals surface area contributed by atoms with Crippen LogP contribution in [0, 0.1) is 0 Å². The van der Waals surface area contributed by atoms with Crippen molar-refractivity contribution in [3.8, 4) is 0 Å². The molecule has 0 bridgehead atoms. The van der Waals surface area contributed by atoms with Crippen LogP contribution in [0.3, 0.4) is 0 Å². The summed E-state index contributed by atoms with van der Waals surface area (Å²) in [5, 5.41) is 0. The van der Waals surface area contributed by atoms with Crippen molar-refractivity contribution < 1.29 is 13.9 Å². The Balaban J connectivity index is 1.38. The number of aromatic nitrogens is 4. The fraction of sp³-hybridized carbons (Fsp3) is 0.632. The second-order valence-corrected chi connectivity index (χ2v) is 12.0. The summed E-state index contributed by atoms with van der Waals surface area (Å²) in [4.78, 5) is 0. The number of allylic oxidation sites excluding steroid dienone is 6. The third-order valence-electron chi connectivity index (χ3n) is 8.10. The summed E-state index contributed by atoms with van der Waals surface area (Å²) in [7, 11) is 0. The van der Waals surface area contributed by atoms with Gasteiger partial charge in [0.05, 0.1) is 26.3 Å². The first-order valence-corrected chi connectivity index (χ1v) is 17.5. The lowest BCUT2D eigenvalue weighted by atomic mass is 10.1. The molecule has 0 spiro atoms. The largest absolute Gasteiger partial charge is 0.373 e. The van der Waals surface area contributed by atoms with E-state index in [0.29, 0.717) is 0 Å². The lowest BCUT2D eigenvalue weighted by molar-refractivity contribution is -0.697. The molecule has 43 heavy (non-hydrogen) atoms. The molecule has 2 rings (SSSR count). The second-order valence-electron chi connectivity index (χ2n) is 12.0. The molecule has 0 aromatic carbocycles. The Morgan fingerprint density at radius 1 is 0.512 bits per heavy atom. The van der Waals surface area contributed by atoms with Crippen LogP contribution < -0.4 is 9.13 Å². The highest BCUT2D eigenvalue weighted by atomic mass is 16.5. The molecule has 0 N–H and O–H groups in total. The predicted molar refractivity (Wildman–Crippen MR) is 182 cm³/mol. The number of imidazole rings is 2. The van der Waals surface area contributed by atoms with E-state index in [0.717, 1.165) is 39.4 Å². The van der Waals surface area contributed by atoms with Crippen molar-refractivity contribution in [1.29, 1.82) is 0 Å². The van der Waals surface area contributed by atoms with Gasteiger partial charge in [0.25, 0.3) is 0 Å². The number of aryl methyl sites for hydroxylation is 2. The minimum atomic E-state index is 0.757. The lowest BCUT2D eigenvalue weighted by Gasteiger charge is -2.02. The van der Waals surface area contributed by atoms with E-state index in [1.807, 2.05) is 12.2 Å². The summed E-state index contributed by atoms with van der Waals surface area (Å²) in [6, 6.07) is 0. The van der Waals surface area contributed by atoms with Crippen LogP contribution in [0.1, 0.15) is 116 Å². The molecule has 0 saturated heterocycles. The minimum absolute atomic E-state index is 0.757. The third kappa shape index (κ3) is 20.8. The smallest absolute Gasteiger partial charge is 0.243 e. The molecular weight excluding hydrogens is 528 g/mol. The van der Waals surface area contributed by atoms with Gasteiger partial charge in [0, 0.05) is 0 Å². The average molecular weight is 593 g/mol. The van der Waals surface area contributed by atoms with Crippen LogP contribution in [0.2, 0.25) is 0 Å². The van der Waals surface area contributed by atoms with Gasteiger partial charge in [0.1, 0.15) is 37.9 Å². The molecule has 2 aromatic rings. The summed E-state index contributed by atoms with van der Waals surface area (Å²) < 4.78 is 15.1. The van der Waals surface area contributed by atoms with Crippen LogP contribution in [0.25, 0.3) is 0 Å². The van der Waals surface area contributed by atoms with E-state index >= 15 is 0 Å². The van der Waals surface area contributed by atoms with E-state index in [4.69, 9.17) is 4.74 Å². The van der Waals surface area contributed by atoms with Crippen LogP contribution in [-0.4, -0.2) is 22.3 Å². The SMILES string of the molecule is C=CC=CCCCCCCCCCC[n+]1ccn(CCOCCn2cc[n+](CCCCCCCCCCC=CC=C)c2)c1. The summed E-state index contributed by atoms with van der Waals surface area (Å²) in [6.45, 7) is 13.0. The molecule has 0 fully saturated rings. The summed E-state index contributed by atoms with van der Waals surface area (Å²) >= 11 is 0. The average Bonchev–Trinajstić information content (AvgIpc) is 3.67. The molecular formula is C38H64N4O+2. The highest BCUT2D eigenvalue weighted by Crippen LogP contribution is 2.11. The zero-order chi connectivity index (χ0) is 30.5. The van der Waals surface area contributed by atoms with Crippen molar-refractivity contribution in [2.45, 2.75) is 142 Å². The van der Waals surface area contributed by atoms with Crippen LogP contribution in [0.5, 0.6) is 0 Å². The fourth-order valence-electron chi connectivity index (χ4n) is 5.47. The summed E-state index contributed by atoms with van der Waals surface area (Å²) in [5.74, 6) is 0. The Morgan fingerprint density at radius 3 is 1.28 bits per heavy atom. The fourth-order valence-corrected chi connectivity index (χ4v) is 5.47. The second kappa shape index (κ2) is 26.9. The lowest BCUT2D eigenvalue weighted by Crippen LogP contribution is -2.31. The molecule has 0 atom stereocenters. The quantitative estimate of drug-likeness (QED) is 0.0505. The van der Waals surface area contributed by atoms with E-state index in [1.165, 1.54) is 116 Å². The van der Waals surface area contributed by atoms with Gasteiger partial charge in [-0.2, -0.15) is 0 Å². The molecule has 0 aliphatic heterocycles. The summed E-state index contributed by atoms with van der Waals surface area (Å²) in [6.07, 6.45) is 49.4. The van der Waals surface area contributed by atoms with Crippen molar-refractivity contribution in [1.82, 2.24) is 9.13 Å². The number of nitrogens with zero attached hydrogens (tertiary/aromatic N) is 4. The molecule has 0 saturated carbocycles. The molecule has 0 unspecified atom stereocenters. The van der Waals surface area contributed by atoms with E-state index in [1.54, 1.807) is 0 Å².